The van der Waals surface area contributed by atoms with Crippen molar-refractivity contribution in [2.45, 2.75) is 12.6 Å². The predicted octanol–water partition coefficient (Wildman–Crippen LogP) is 3.91. The molecule has 1 atom stereocenters. The van der Waals surface area contributed by atoms with E-state index in [0.29, 0.717) is 10.7 Å². The molecule has 1 heterocycles. The van der Waals surface area contributed by atoms with Crippen LogP contribution in [-0.2, 0) is 15.8 Å². The molecule has 0 radical (unpaired) electrons. The van der Waals surface area contributed by atoms with Crippen LogP contribution in [0.15, 0.2) is 48.5 Å². The van der Waals surface area contributed by atoms with E-state index in [1.807, 2.05) is 0 Å². The second-order valence-corrected chi connectivity index (χ2v) is 7.20. The first-order valence-electron chi connectivity index (χ1n) is 9.33. The highest BCUT2D eigenvalue weighted by Gasteiger charge is 2.35. The highest BCUT2D eigenvalue weighted by Crippen LogP contribution is 2.31. The number of alkyl halides is 3. The molecule has 5 nitrogen and oxygen atoms in total. The van der Waals surface area contributed by atoms with Crippen LogP contribution in [0.1, 0.15) is 12.0 Å². The molecule has 1 aliphatic heterocycles. The van der Waals surface area contributed by atoms with Gasteiger partial charge in [-0.15, -0.1) is 0 Å². The van der Waals surface area contributed by atoms with Crippen molar-refractivity contribution in [3.05, 3.63) is 59.1 Å². The molecular weight excluding hydrogens is 433 g/mol. The smallest absolute Gasteiger partial charge is 0.416 e. The largest absolute Gasteiger partial charge is 0.481 e. The molecule has 3 rings (SSSR count). The lowest BCUT2D eigenvalue weighted by Crippen LogP contribution is -2.33. The second kappa shape index (κ2) is 9.75. The number of anilines is 1. The Labute approximate surface area is 182 Å². The number of nitrogens with zero attached hydrogens (tertiary/aromatic N) is 1. The molecular formula is C22H18ClF3N2O3. The van der Waals surface area contributed by atoms with Gasteiger partial charge in [0.15, 0.2) is 0 Å². The van der Waals surface area contributed by atoms with E-state index in [1.54, 1.807) is 24.3 Å². The Morgan fingerprint density at radius 1 is 1.19 bits per heavy atom. The van der Waals surface area contributed by atoms with Gasteiger partial charge in [-0.2, -0.15) is 13.2 Å². The average molecular weight is 451 g/mol. The molecule has 31 heavy (non-hydrogen) atoms. The number of benzene rings is 2. The monoisotopic (exact) mass is 450 g/mol. The Bertz CT molecular complexity index is 1010. The summed E-state index contributed by atoms with van der Waals surface area (Å²) in [5.74, 6) is 4.42. The molecule has 1 aliphatic rings. The van der Waals surface area contributed by atoms with Gasteiger partial charge in [-0.05, 0) is 42.5 Å². The van der Waals surface area contributed by atoms with Crippen LogP contribution in [0.5, 0.6) is 5.75 Å². The molecule has 1 N–H and O–H groups in total. The number of carbonyl (C=O) groups excluding carboxylic acids is 2. The maximum absolute atomic E-state index is 12.7. The first-order valence-corrected chi connectivity index (χ1v) is 9.71. The van der Waals surface area contributed by atoms with Crippen molar-refractivity contribution >= 4 is 29.1 Å². The lowest BCUT2D eigenvalue weighted by molar-refractivity contribution is -0.137. The normalized spacial score (nSPS) is 15.9. The lowest BCUT2D eigenvalue weighted by atomic mass is 10.1. The van der Waals surface area contributed by atoms with Crippen LogP contribution in [0.4, 0.5) is 18.9 Å². The maximum atomic E-state index is 12.7. The maximum Gasteiger partial charge on any atom is 0.416 e. The standard InChI is InChI=1S/C22H18ClF3N2O3/c23-17-6-8-18(9-7-17)28-14-15(12-20(28)29)21(30)27-10-1-2-11-31-19-5-3-4-16(13-19)22(24,25)26/h3-9,13,15H,10-12,14H2,(H,27,30). The zero-order valence-electron chi connectivity index (χ0n) is 16.2. The number of nitrogens with one attached hydrogen (secondary N) is 1. The van der Waals surface area contributed by atoms with E-state index in [0.717, 1.165) is 12.1 Å². The molecule has 2 amide bonds. The lowest BCUT2D eigenvalue weighted by Gasteiger charge is -2.16. The molecule has 0 spiro atoms. The SMILES string of the molecule is O=C(NCC#CCOc1cccc(C(F)(F)F)c1)C1CC(=O)N(c2ccc(Cl)cc2)C1. The third-order valence-electron chi connectivity index (χ3n) is 4.58. The van der Waals surface area contributed by atoms with Crippen LogP contribution in [-0.4, -0.2) is 31.5 Å². The molecule has 1 unspecified atom stereocenters. The van der Waals surface area contributed by atoms with Crippen molar-refractivity contribution in [2.24, 2.45) is 5.92 Å². The summed E-state index contributed by atoms with van der Waals surface area (Å²) in [5.41, 5.74) is -0.125. The van der Waals surface area contributed by atoms with Crippen molar-refractivity contribution in [3.63, 3.8) is 0 Å². The number of amides is 2. The Hall–Kier alpha value is -3.18. The number of rotatable bonds is 5. The summed E-state index contributed by atoms with van der Waals surface area (Å²) in [6, 6.07) is 11.3. The minimum atomic E-state index is -4.44. The first-order chi connectivity index (χ1) is 14.7. The van der Waals surface area contributed by atoms with Crippen LogP contribution in [0, 0.1) is 17.8 Å². The summed E-state index contributed by atoms with van der Waals surface area (Å²) in [6.45, 7) is 0.179. The zero-order valence-corrected chi connectivity index (χ0v) is 17.0. The average Bonchev–Trinajstić information content (AvgIpc) is 3.12. The van der Waals surface area contributed by atoms with Gasteiger partial charge in [0.1, 0.15) is 12.4 Å². The van der Waals surface area contributed by atoms with Crippen molar-refractivity contribution < 1.29 is 27.5 Å². The van der Waals surface area contributed by atoms with Gasteiger partial charge in [-0.3, -0.25) is 9.59 Å². The van der Waals surface area contributed by atoms with E-state index in [1.165, 1.54) is 17.0 Å². The summed E-state index contributed by atoms with van der Waals surface area (Å²) >= 11 is 5.85. The minimum Gasteiger partial charge on any atom is -0.481 e. The summed E-state index contributed by atoms with van der Waals surface area (Å²) in [6.07, 6.45) is -4.35. The van der Waals surface area contributed by atoms with E-state index in [4.69, 9.17) is 16.3 Å². The molecule has 162 valence electrons. The zero-order chi connectivity index (χ0) is 22.4. The molecule has 0 bridgehead atoms. The Morgan fingerprint density at radius 3 is 2.65 bits per heavy atom. The van der Waals surface area contributed by atoms with E-state index < -0.39 is 17.7 Å². The molecule has 9 heteroatoms. The first kappa shape index (κ1) is 22.5. The predicted molar refractivity (Wildman–Crippen MR) is 110 cm³/mol. The fraction of sp³-hybridized carbons (Fsp3) is 0.273. The van der Waals surface area contributed by atoms with Crippen molar-refractivity contribution in [3.8, 4) is 17.6 Å². The molecule has 2 aromatic carbocycles. The van der Waals surface area contributed by atoms with Crippen LogP contribution >= 0.6 is 11.6 Å². The number of halogens is 4. The van der Waals surface area contributed by atoms with Gasteiger partial charge in [0.25, 0.3) is 0 Å². The quantitative estimate of drug-likeness (QED) is 0.703. The highest BCUT2D eigenvalue weighted by molar-refractivity contribution is 6.30. The van der Waals surface area contributed by atoms with Gasteiger partial charge in [0.05, 0.1) is 18.0 Å². The summed E-state index contributed by atoms with van der Waals surface area (Å²) < 4.78 is 43.2. The van der Waals surface area contributed by atoms with Gasteiger partial charge >= 0.3 is 6.18 Å². The van der Waals surface area contributed by atoms with Crippen LogP contribution < -0.4 is 15.0 Å². The highest BCUT2D eigenvalue weighted by atomic mass is 35.5. The van der Waals surface area contributed by atoms with Crippen molar-refractivity contribution in [2.75, 3.05) is 24.6 Å². The van der Waals surface area contributed by atoms with E-state index in [-0.39, 0.29) is 43.7 Å². The number of hydrogen-bond acceptors (Lipinski definition) is 3. The number of hydrogen-bond donors (Lipinski definition) is 1. The van der Waals surface area contributed by atoms with E-state index in [2.05, 4.69) is 17.2 Å². The third-order valence-corrected chi connectivity index (χ3v) is 4.83. The van der Waals surface area contributed by atoms with Gasteiger partial charge in [0.2, 0.25) is 11.8 Å². The Morgan fingerprint density at radius 2 is 1.94 bits per heavy atom. The Kier molecular flexibility index (Phi) is 7.08. The molecule has 0 aromatic heterocycles. The van der Waals surface area contributed by atoms with Gasteiger partial charge < -0.3 is 15.0 Å². The molecule has 1 fully saturated rings. The topological polar surface area (TPSA) is 58.6 Å². The van der Waals surface area contributed by atoms with Gasteiger partial charge in [-0.1, -0.05) is 29.5 Å². The van der Waals surface area contributed by atoms with Crippen LogP contribution in [0.2, 0.25) is 5.02 Å². The van der Waals surface area contributed by atoms with Gasteiger partial charge in [0, 0.05) is 23.7 Å². The fourth-order valence-electron chi connectivity index (χ4n) is 3.02. The minimum absolute atomic E-state index is 0.0381. The fourth-order valence-corrected chi connectivity index (χ4v) is 3.15. The number of ether oxygens (including phenoxy) is 1. The summed E-state index contributed by atoms with van der Waals surface area (Å²) in [5, 5.41) is 3.19. The number of carbonyl (C=O) groups is 2. The molecule has 0 saturated carbocycles. The second-order valence-electron chi connectivity index (χ2n) is 6.77. The summed E-state index contributed by atoms with van der Waals surface area (Å²) in [7, 11) is 0. The molecule has 2 aromatic rings. The molecule has 1 saturated heterocycles. The van der Waals surface area contributed by atoms with Gasteiger partial charge in [-0.25, -0.2) is 0 Å². The third kappa shape index (κ3) is 6.15. The van der Waals surface area contributed by atoms with Crippen molar-refractivity contribution in [1.82, 2.24) is 5.32 Å². The van der Waals surface area contributed by atoms with E-state index in [9.17, 15) is 22.8 Å². The van der Waals surface area contributed by atoms with Crippen LogP contribution in [0.3, 0.4) is 0 Å². The molecule has 0 aliphatic carbocycles. The van der Waals surface area contributed by atoms with E-state index >= 15 is 0 Å². The van der Waals surface area contributed by atoms with Crippen molar-refractivity contribution in [1.29, 1.82) is 0 Å². The van der Waals surface area contributed by atoms with Crippen LogP contribution in [0.25, 0.3) is 0 Å². The Balaban J connectivity index is 1.43. The summed E-state index contributed by atoms with van der Waals surface area (Å²) in [4.78, 5) is 26.0.